The third-order valence-electron chi connectivity index (χ3n) is 5.21. The van der Waals surface area contributed by atoms with E-state index in [1.165, 1.54) is 6.07 Å². The summed E-state index contributed by atoms with van der Waals surface area (Å²) in [5.74, 6) is -0.709. The number of carbonyl (C=O) groups excluding carboxylic acids is 1. The third-order valence-corrected chi connectivity index (χ3v) is 5.21. The van der Waals surface area contributed by atoms with Crippen LogP contribution in [0.3, 0.4) is 0 Å². The molecule has 0 atom stereocenters. The van der Waals surface area contributed by atoms with Crippen LogP contribution >= 0.6 is 0 Å². The molecule has 0 unspecified atom stereocenters. The Kier molecular flexibility index (Phi) is 4.01. The van der Waals surface area contributed by atoms with Crippen LogP contribution in [0.5, 0.6) is 0 Å². The second-order valence-corrected chi connectivity index (χ2v) is 7.43. The van der Waals surface area contributed by atoms with Crippen LogP contribution in [0.4, 0.5) is 4.39 Å². The fourth-order valence-corrected chi connectivity index (χ4v) is 2.65. The summed E-state index contributed by atoms with van der Waals surface area (Å²) < 4.78 is 26.2. The van der Waals surface area contributed by atoms with Gasteiger partial charge in [-0.15, -0.1) is 0 Å². The largest absolute Gasteiger partial charge is 0.497 e. The summed E-state index contributed by atoms with van der Waals surface area (Å²) in [6, 6.07) is 4.69. The molecule has 1 heterocycles. The fraction of sp³-hybridized carbons (Fsp3) is 0.588. The van der Waals surface area contributed by atoms with E-state index in [4.69, 9.17) is 9.31 Å². The van der Waals surface area contributed by atoms with E-state index in [-0.39, 0.29) is 11.9 Å². The molecule has 6 heteroatoms. The highest BCUT2D eigenvalue weighted by Gasteiger charge is 2.52. The van der Waals surface area contributed by atoms with Crippen LogP contribution in [0.25, 0.3) is 0 Å². The van der Waals surface area contributed by atoms with Crippen molar-refractivity contribution in [3.63, 3.8) is 0 Å². The first-order valence-electron chi connectivity index (χ1n) is 8.15. The van der Waals surface area contributed by atoms with Gasteiger partial charge in [0, 0.05) is 17.1 Å². The maximum Gasteiger partial charge on any atom is 0.497 e. The maximum atomic E-state index is 14.5. The average molecular weight is 319 g/mol. The molecule has 0 bridgehead atoms. The van der Waals surface area contributed by atoms with E-state index in [1.807, 2.05) is 27.7 Å². The molecule has 1 aromatic carbocycles. The van der Waals surface area contributed by atoms with Crippen molar-refractivity contribution in [2.75, 3.05) is 0 Å². The Morgan fingerprint density at radius 2 is 1.83 bits per heavy atom. The minimum absolute atomic E-state index is 0.228. The SMILES string of the molecule is CC1(C)OB(c2ccc(C(=O)NC3CCC3)cc2F)OC1(C)C. The Morgan fingerprint density at radius 1 is 1.22 bits per heavy atom. The van der Waals surface area contributed by atoms with Crippen LogP contribution in [0, 0.1) is 5.82 Å². The summed E-state index contributed by atoms with van der Waals surface area (Å²) in [4.78, 5) is 12.1. The summed E-state index contributed by atoms with van der Waals surface area (Å²) in [6.45, 7) is 7.69. The predicted molar refractivity (Wildman–Crippen MR) is 87.2 cm³/mol. The molecule has 1 amide bonds. The van der Waals surface area contributed by atoms with Gasteiger partial charge in [-0.05, 0) is 59.1 Å². The van der Waals surface area contributed by atoms with Crippen LogP contribution in [0.2, 0.25) is 0 Å². The molecular weight excluding hydrogens is 296 g/mol. The zero-order chi connectivity index (χ0) is 16.8. The second-order valence-electron chi connectivity index (χ2n) is 7.43. The highest BCUT2D eigenvalue weighted by molar-refractivity contribution is 6.62. The summed E-state index contributed by atoms with van der Waals surface area (Å²) >= 11 is 0. The van der Waals surface area contributed by atoms with E-state index in [0.717, 1.165) is 19.3 Å². The summed E-state index contributed by atoms with van der Waals surface area (Å²) in [5.41, 5.74) is -0.395. The van der Waals surface area contributed by atoms with Crippen molar-refractivity contribution in [3.8, 4) is 0 Å². The predicted octanol–water partition coefficient (Wildman–Crippen LogP) is 2.41. The van der Waals surface area contributed by atoms with Crippen molar-refractivity contribution < 1.29 is 18.5 Å². The molecule has 0 aromatic heterocycles. The number of benzene rings is 1. The van der Waals surface area contributed by atoms with Crippen LogP contribution in [0.1, 0.15) is 57.3 Å². The van der Waals surface area contributed by atoms with Crippen molar-refractivity contribution in [2.24, 2.45) is 0 Å². The molecule has 1 aliphatic heterocycles. The molecule has 1 aromatic rings. The molecule has 23 heavy (non-hydrogen) atoms. The minimum Gasteiger partial charge on any atom is -0.399 e. The molecule has 1 saturated heterocycles. The van der Waals surface area contributed by atoms with Crippen molar-refractivity contribution >= 4 is 18.5 Å². The molecule has 1 saturated carbocycles. The van der Waals surface area contributed by atoms with Crippen LogP contribution in [-0.2, 0) is 9.31 Å². The first-order valence-corrected chi connectivity index (χ1v) is 8.15. The molecule has 1 aliphatic carbocycles. The van der Waals surface area contributed by atoms with Gasteiger partial charge >= 0.3 is 7.12 Å². The number of rotatable bonds is 3. The smallest absolute Gasteiger partial charge is 0.399 e. The maximum absolute atomic E-state index is 14.5. The van der Waals surface area contributed by atoms with Crippen molar-refractivity contribution in [1.29, 1.82) is 0 Å². The normalized spacial score (nSPS) is 22.7. The van der Waals surface area contributed by atoms with Crippen LogP contribution < -0.4 is 10.8 Å². The van der Waals surface area contributed by atoms with Gasteiger partial charge in [0.05, 0.1) is 11.2 Å². The summed E-state index contributed by atoms with van der Waals surface area (Å²) in [6.07, 6.45) is 3.14. The van der Waals surface area contributed by atoms with Crippen molar-refractivity contribution in [3.05, 3.63) is 29.6 Å². The Bertz CT molecular complexity index is 612. The van der Waals surface area contributed by atoms with Crippen LogP contribution in [0.15, 0.2) is 18.2 Å². The second kappa shape index (κ2) is 5.60. The number of hydrogen-bond donors (Lipinski definition) is 1. The Hall–Kier alpha value is -1.40. The zero-order valence-corrected chi connectivity index (χ0v) is 14.1. The number of amides is 1. The molecule has 124 valence electrons. The molecule has 2 fully saturated rings. The summed E-state index contributed by atoms with van der Waals surface area (Å²) in [7, 11) is -0.760. The van der Waals surface area contributed by atoms with E-state index in [9.17, 15) is 9.18 Å². The standard InChI is InChI=1S/C17H23BFNO3/c1-16(2)17(3,4)23-18(22-16)13-9-8-11(10-14(13)19)15(21)20-12-6-5-7-12/h8-10,12H,5-7H2,1-4H3,(H,20,21). The van der Waals surface area contributed by atoms with Gasteiger partial charge in [-0.1, -0.05) is 6.07 Å². The molecule has 0 radical (unpaired) electrons. The number of hydrogen-bond acceptors (Lipinski definition) is 3. The van der Waals surface area contributed by atoms with E-state index in [0.29, 0.717) is 11.0 Å². The average Bonchev–Trinajstić information content (AvgIpc) is 2.62. The first-order chi connectivity index (χ1) is 10.7. The van der Waals surface area contributed by atoms with Crippen molar-refractivity contribution in [1.82, 2.24) is 5.32 Å². The van der Waals surface area contributed by atoms with Gasteiger partial charge < -0.3 is 14.6 Å². The molecule has 0 spiro atoms. The van der Waals surface area contributed by atoms with Crippen LogP contribution in [-0.4, -0.2) is 30.3 Å². The van der Waals surface area contributed by atoms with Gasteiger partial charge in [0.2, 0.25) is 0 Å². The number of carbonyl (C=O) groups is 1. The van der Waals surface area contributed by atoms with Gasteiger partial charge in [0.1, 0.15) is 5.82 Å². The monoisotopic (exact) mass is 319 g/mol. The number of halogens is 1. The van der Waals surface area contributed by atoms with E-state index < -0.39 is 24.1 Å². The topological polar surface area (TPSA) is 47.6 Å². The lowest BCUT2D eigenvalue weighted by Crippen LogP contribution is -2.41. The van der Waals surface area contributed by atoms with E-state index >= 15 is 0 Å². The molecular formula is C17H23BFNO3. The Balaban J connectivity index is 1.76. The molecule has 4 nitrogen and oxygen atoms in total. The Labute approximate surface area is 136 Å². The van der Waals surface area contributed by atoms with Gasteiger partial charge in [0.25, 0.3) is 5.91 Å². The lowest BCUT2D eigenvalue weighted by molar-refractivity contribution is 0.00578. The molecule has 1 N–H and O–H groups in total. The molecule has 3 rings (SSSR count). The lowest BCUT2D eigenvalue weighted by Gasteiger charge is -2.32. The van der Waals surface area contributed by atoms with Gasteiger partial charge in [-0.25, -0.2) is 4.39 Å². The van der Waals surface area contributed by atoms with E-state index in [1.54, 1.807) is 12.1 Å². The molecule has 2 aliphatic rings. The lowest BCUT2D eigenvalue weighted by atomic mass is 9.78. The summed E-state index contributed by atoms with van der Waals surface area (Å²) in [5, 5.41) is 2.91. The van der Waals surface area contributed by atoms with Gasteiger partial charge in [-0.2, -0.15) is 0 Å². The van der Waals surface area contributed by atoms with Gasteiger partial charge in [-0.3, -0.25) is 4.79 Å². The van der Waals surface area contributed by atoms with Crippen molar-refractivity contribution in [2.45, 2.75) is 64.2 Å². The van der Waals surface area contributed by atoms with Gasteiger partial charge in [0.15, 0.2) is 0 Å². The first kappa shape index (κ1) is 16.5. The Morgan fingerprint density at radius 3 is 2.30 bits per heavy atom. The quantitative estimate of drug-likeness (QED) is 0.871. The highest BCUT2D eigenvalue weighted by Crippen LogP contribution is 2.36. The minimum atomic E-state index is -0.760. The number of nitrogens with one attached hydrogen (secondary N) is 1. The van der Waals surface area contributed by atoms with E-state index in [2.05, 4.69) is 5.32 Å². The zero-order valence-electron chi connectivity index (χ0n) is 14.1. The highest BCUT2D eigenvalue weighted by atomic mass is 19.1. The fourth-order valence-electron chi connectivity index (χ4n) is 2.65. The third kappa shape index (κ3) is 3.02.